The van der Waals surface area contributed by atoms with Gasteiger partial charge in [0.1, 0.15) is 0 Å². The molecular formula is C25H30NP. The lowest BCUT2D eigenvalue weighted by Crippen LogP contribution is -2.27. The van der Waals surface area contributed by atoms with E-state index in [-0.39, 0.29) is 0 Å². The molecule has 0 atom stereocenters. The summed E-state index contributed by atoms with van der Waals surface area (Å²) in [7, 11) is 1.71. The van der Waals surface area contributed by atoms with Gasteiger partial charge in [-0.25, -0.2) is 0 Å². The Kier molecular flexibility index (Phi) is 7.63. The summed E-state index contributed by atoms with van der Waals surface area (Å²) < 4.78 is 0. The molecule has 0 aliphatic heterocycles. The second kappa shape index (κ2) is 10.4. The van der Waals surface area contributed by atoms with Crippen LogP contribution >= 0.6 is 7.92 Å². The van der Waals surface area contributed by atoms with E-state index in [0.29, 0.717) is 0 Å². The Morgan fingerprint density at radius 2 is 1.26 bits per heavy atom. The van der Waals surface area contributed by atoms with E-state index in [1.807, 2.05) is 0 Å². The second-order valence-electron chi connectivity index (χ2n) is 7.08. The number of hydrogen-bond donors (Lipinski definition) is 0. The molecule has 140 valence electrons. The number of unbranched alkanes of at least 4 members (excludes halogenated alkanes) is 2. The molecule has 0 unspecified atom stereocenters. The van der Waals surface area contributed by atoms with E-state index in [4.69, 9.17) is 0 Å². The SMILES string of the molecule is CCCCCN(C)Cc1ccccc1P(c1ccccc1)c1ccccc1. The zero-order valence-corrected chi connectivity index (χ0v) is 17.4. The monoisotopic (exact) mass is 375 g/mol. The van der Waals surface area contributed by atoms with Crippen molar-refractivity contribution in [1.29, 1.82) is 0 Å². The van der Waals surface area contributed by atoms with Gasteiger partial charge in [-0.15, -0.1) is 0 Å². The van der Waals surface area contributed by atoms with Gasteiger partial charge in [-0.3, -0.25) is 0 Å². The number of hydrogen-bond acceptors (Lipinski definition) is 1. The predicted molar refractivity (Wildman–Crippen MR) is 121 cm³/mol. The molecule has 0 bridgehead atoms. The molecule has 0 amide bonds. The molecule has 3 aromatic carbocycles. The van der Waals surface area contributed by atoms with Crippen LogP contribution in [0.1, 0.15) is 31.7 Å². The highest BCUT2D eigenvalue weighted by molar-refractivity contribution is 7.79. The summed E-state index contributed by atoms with van der Waals surface area (Å²) in [5.41, 5.74) is 1.45. The maximum absolute atomic E-state index is 2.47. The Bertz CT molecular complexity index is 761. The molecule has 2 heteroatoms. The predicted octanol–water partition coefficient (Wildman–Crippen LogP) is 5.07. The third-order valence-electron chi connectivity index (χ3n) is 4.84. The highest BCUT2D eigenvalue weighted by atomic mass is 31.1. The maximum atomic E-state index is 2.47. The van der Waals surface area contributed by atoms with Gasteiger partial charge in [0.05, 0.1) is 0 Å². The third-order valence-corrected chi connectivity index (χ3v) is 7.39. The second-order valence-corrected chi connectivity index (χ2v) is 9.27. The quantitative estimate of drug-likeness (QED) is 0.373. The van der Waals surface area contributed by atoms with E-state index in [2.05, 4.69) is 104 Å². The van der Waals surface area contributed by atoms with Crippen LogP contribution in [0.2, 0.25) is 0 Å². The molecule has 0 radical (unpaired) electrons. The van der Waals surface area contributed by atoms with Gasteiger partial charge in [0.15, 0.2) is 0 Å². The Morgan fingerprint density at radius 1 is 0.704 bits per heavy atom. The van der Waals surface area contributed by atoms with E-state index in [1.165, 1.54) is 40.7 Å². The molecular weight excluding hydrogens is 345 g/mol. The van der Waals surface area contributed by atoms with E-state index in [1.54, 1.807) is 0 Å². The molecule has 1 nitrogen and oxygen atoms in total. The highest BCUT2D eigenvalue weighted by Gasteiger charge is 2.19. The molecule has 0 heterocycles. The van der Waals surface area contributed by atoms with E-state index < -0.39 is 7.92 Å². The fraction of sp³-hybridized carbons (Fsp3) is 0.280. The summed E-state index contributed by atoms with van der Waals surface area (Å²) in [5.74, 6) is 0. The molecule has 0 N–H and O–H groups in total. The van der Waals surface area contributed by atoms with Gasteiger partial charge in [0, 0.05) is 6.54 Å². The lowest BCUT2D eigenvalue weighted by Gasteiger charge is -2.24. The smallest absolute Gasteiger partial charge is 0.0237 e. The van der Waals surface area contributed by atoms with Crippen molar-refractivity contribution in [1.82, 2.24) is 4.90 Å². The minimum Gasteiger partial charge on any atom is -0.302 e. The normalized spacial score (nSPS) is 11.3. The first-order valence-electron chi connectivity index (χ1n) is 9.96. The zero-order valence-electron chi connectivity index (χ0n) is 16.5. The Labute approximate surface area is 165 Å². The van der Waals surface area contributed by atoms with Crippen molar-refractivity contribution >= 4 is 23.8 Å². The maximum Gasteiger partial charge on any atom is 0.0237 e. The van der Waals surface area contributed by atoms with Gasteiger partial charge < -0.3 is 4.90 Å². The Hall–Kier alpha value is -1.95. The van der Waals surface area contributed by atoms with Crippen molar-refractivity contribution in [2.24, 2.45) is 0 Å². The summed E-state index contributed by atoms with van der Waals surface area (Å²) in [6.45, 7) is 4.44. The topological polar surface area (TPSA) is 3.24 Å². The van der Waals surface area contributed by atoms with Gasteiger partial charge in [-0.05, 0) is 49.4 Å². The molecule has 3 aromatic rings. The molecule has 0 saturated heterocycles. The standard InChI is InChI=1S/C25H30NP/c1-3-4-13-20-26(2)21-22-14-11-12-19-25(22)27(23-15-7-5-8-16-23)24-17-9-6-10-18-24/h5-12,14-19H,3-4,13,20-21H2,1-2H3. The van der Waals surface area contributed by atoms with Crippen molar-refractivity contribution in [3.05, 3.63) is 90.5 Å². The highest BCUT2D eigenvalue weighted by Crippen LogP contribution is 2.34. The lowest BCUT2D eigenvalue weighted by molar-refractivity contribution is 0.319. The van der Waals surface area contributed by atoms with Gasteiger partial charge in [0.2, 0.25) is 0 Å². The summed E-state index contributed by atoms with van der Waals surface area (Å²) in [6, 6.07) is 31.0. The van der Waals surface area contributed by atoms with Crippen molar-refractivity contribution in [3.8, 4) is 0 Å². The van der Waals surface area contributed by atoms with Crippen LogP contribution < -0.4 is 15.9 Å². The third kappa shape index (κ3) is 5.51. The number of nitrogens with zero attached hydrogens (tertiary/aromatic N) is 1. The lowest BCUT2D eigenvalue weighted by atomic mass is 10.2. The van der Waals surface area contributed by atoms with Crippen LogP contribution in [-0.4, -0.2) is 18.5 Å². The van der Waals surface area contributed by atoms with Crippen molar-refractivity contribution < 1.29 is 0 Å². The minimum atomic E-state index is -0.540. The van der Waals surface area contributed by atoms with Gasteiger partial charge >= 0.3 is 0 Å². The zero-order chi connectivity index (χ0) is 18.9. The van der Waals surface area contributed by atoms with Crippen LogP contribution in [-0.2, 0) is 6.54 Å². The van der Waals surface area contributed by atoms with Crippen molar-refractivity contribution in [2.75, 3.05) is 13.6 Å². The average molecular weight is 375 g/mol. The molecule has 27 heavy (non-hydrogen) atoms. The summed E-state index contributed by atoms with van der Waals surface area (Å²) >= 11 is 0. The molecule has 0 fully saturated rings. The summed E-state index contributed by atoms with van der Waals surface area (Å²) in [5, 5.41) is 4.31. The van der Waals surface area contributed by atoms with Gasteiger partial charge in [-0.2, -0.15) is 0 Å². The van der Waals surface area contributed by atoms with Gasteiger partial charge in [-0.1, -0.05) is 105 Å². The van der Waals surface area contributed by atoms with Crippen molar-refractivity contribution in [2.45, 2.75) is 32.7 Å². The molecule has 0 aromatic heterocycles. The summed E-state index contributed by atoms with van der Waals surface area (Å²) in [6.07, 6.45) is 3.87. The Balaban J connectivity index is 1.94. The molecule has 3 rings (SSSR count). The average Bonchev–Trinajstić information content (AvgIpc) is 2.71. The van der Waals surface area contributed by atoms with E-state index in [0.717, 1.165) is 13.1 Å². The summed E-state index contributed by atoms with van der Waals surface area (Å²) in [4.78, 5) is 2.47. The van der Waals surface area contributed by atoms with Crippen LogP contribution in [0.5, 0.6) is 0 Å². The molecule has 0 saturated carbocycles. The van der Waals surface area contributed by atoms with E-state index in [9.17, 15) is 0 Å². The first kappa shape index (κ1) is 19.8. The first-order chi connectivity index (χ1) is 13.3. The molecule has 0 aliphatic carbocycles. The number of rotatable bonds is 9. The van der Waals surface area contributed by atoms with Crippen LogP contribution in [0, 0.1) is 0 Å². The first-order valence-corrected chi connectivity index (χ1v) is 11.3. The molecule has 0 aliphatic rings. The van der Waals surface area contributed by atoms with Crippen molar-refractivity contribution in [3.63, 3.8) is 0 Å². The van der Waals surface area contributed by atoms with Gasteiger partial charge in [0.25, 0.3) is 0 Å². The van der Waals surface area contributed by atoms with Crippen LogP contribution in [0.25, 0.3) is 0 Å². The minimum absolute atomic E-state index is 0.540. The number of benzene rings is 3. The fourth-order valence-corrected chi connectivity index (χ4v) is 5.91. The molecule has 0 spiro atoms. The largest absolute Gasteiger partial charge is 0.302 e. The fourth-order valence-electron chi connectivity index (χ4n) is 3.45. The van der Waals surface area contributed by atoms with E-state index >= 15 is 0 Å². The van der Waals surface area contributed by atoms with Crippen LogP contribution in [0.15, 0.2) is 84.9 Å². The Morgan fingerprint density at radius 3 is 1.85 bits per heavy atom. The van der Waals surface area contributed by atoms with Crippen LogP contribution in [0.4, 0.5) is 0 Å². The van der Waals surface area contributed by atoms with Crippen LogP contribution in [0.3, 0.4) is 0 Å².